The smallest absolute Gasteiger partial charge is 0.257 e. The first-order chi connectivity index (χ1) is 14.4. The third-order valence-corrected chi connectivity index (χ3v) is 6.42. The van der Waals surface area contributed by atoms with E-state index in [-0.39, 0.29) is 10.8 Å². The van der Waals surface area contributed by atoms with Gasteiger partial charge >= 0.3 is 0 Å². The lowest BCUT2D eigenvalue weighted by Crippen LogP contribution is -2.11. The molecule has 0 fully saturated rings. The molecule has 152 valence electrons. The Labute approximate surface area is 178 Å². The zero-order valence-corrected chi connectivity index (χ0v) is 17.7. The minimum Gasteiger partial charge on any atom is -0.489 e. The maximum Gasteiger partial charge on any atom is 0.257 e. The highest BCUT2D eigenvalue weighted by molar-refractivity contribution is 7.90. The Morgan fingerprint density at radius 3 is 2.47 bits per heavy atom. The molecule has 30 heavy (non-hydrogen) atoms. The first kappa shape index (κ1) is 20.1. The minimum atomic E-state index is -3.30. The van der Waals surface area contributed by atoms with Crippen molar-refractivity contribution in [3.8, 4) is 5.75 Å². The van der Waals surface area contributed by atoms with Crippen LogP contribution in [0.5, 0.6) is 5.75 Å². The molecule has 6 nitrogen and oxygen atoms in total. The van der Waals surface area contributed by atoms with Crippen molar-refractivity contribution in [1.82, 2.24) is 4.98 Å². The largest absolute Gasteiger partial charge is 0.489 e. The van der Waals surface area contributed by atoms with Gasteiger partial charge in [-0.05, 0) is 48.0 Å². The molecule has 0 aliphatic heterocycles. The van der Waals surface area contributed by atoms with E-state index in [9.17, 15) is 13.2 Å². The zero-order chi connectivity index (χ0) is 21.1. The lowest BCUT2D eigenvalue weighted by molar-refractivity contribution is 0.102. The average Bonchev–Trinajstić information content (AvgIpc) is 3.14. The van der Waals surface area contributed by atoms with Crippen LogP contribution < -0.4 is 10.1 Å². The van der Waals surface area contributed by atoms with E-state index in [2.05, 4.69) is 10.3 Å². The van der Waals surface area contributed by atoms with Gasteiger partial charge in [-0.1, -0.05) is 41.7 Å². The number of benzene rings is 3. The Hall–Kier alpha value is -3.23. The topological polar surface area (TPSA) is 85.4 Å². The van der Waals surface area contributed by atoms with Gasteiger partial charge in [0.1, 0.15) is 12.4 Å². The number of amides is 1. The molecule has 1 aromatic heterocycles. The quantitative estimate of drug-likeness (QED) is 0.478. The Morgan fingerprint density at radius 1 is 1.03 bits per heavy atom. The number of hydrogen-bond donors (Lipinski definition) is 1. The number of sulfone groups is 1. The van der Waals surface area contributed by atoms with Gasteiger partial charge in [0.2, 0.25) is 0 Å². The number of hydrogen-bond acceptors (Lipinski definition) is 6. The molecule has 0 unspecified atom stereocenters. The number of rotatable bonds is 6. The van der Waals surface area contributed by atoms with Crippen molar-refractivity contribution < 1.29 is 17.9 Å². The molecule has 3 aromatic carbocycles. The molecule has 0 spiro atoms. The van der Waals surface area contributed by atoms with Crippen LogP contribution in [-0.2, 0) is 16.4 Å². The summed E-state index contributed by atoms with van der Waals surface area (Å²) in [6.45, 7) is 0.452. The zero-order valence-electron chi connectivity index (χ0n) is 16.0. The molecule has 1 amide bonds. The fraction of sp³-hybridized carbons (Fsp3) is 0.0909. The predicted octanol–water partition coefficient (Wildman–Crippen LogP) is 4.53. The van der Waals surface area contributed by atoms with Crippen LogP contribution in [0.4, 0.5) is 5.13 Å². The van der Waals surface area contributed by atoms with Crippen LogP contribution in [0.25, 0.3) is 10.2 Å². The SMILES string of the molecule is CS(=O)(=O)c1ccc2nc(NC(=O)c3ccc(OCc4ccccc4)cc3)sc2c1. The number of fused-ring (bicyclic) bond motifs is 1. The number of nitrogens with one attached hydrogen (secondary N) is 1. The van der Waals surface area contributed by atoms with Gasteiger partial charge in [0, 0.05) is 11.8 Å². The van der Waals surface area contributed by atoms with E-state index in [4.69, 9.17) is 4.74 Å². The molecule has 1 N–H and O–H groups in total. The summed E-state index contributed by atoms with van der Waals surface area (Å²) < 4.78 is 29.8. The molecule has 0 saturated carbocycles. The highest BCUT2D eigenvalue weighted by Crippen LogP contribution is 2.28. The van der Waals surface area contributed by atoms with E-state index in [1.165, 1.54) is 17.4 Å². The summed E-state index contributed by atoms with van der Waals surface area (Å²) >= 11 is 1.23. The van der Waals surface area contributed by atoms with E-state index in [0.29, 0.717) is 33.3 Å². The maximum atomic E-state index is 12.5. The number of ether oxygens (including phenoxy) is 1. The van der Waals surface area contributed by atoms with Crippen molar-refractivity contribution in [2.24, 2.45) is 0 Å². The van der Waals surface area contributed by atoms with Crippen molar-refractivity contribution in [1.29, 1.82) is 0 Å². The van der Waals surface area contributed by atoms with Gasteiger partial charge in [-0.3, -0.25) is 10.1 Å². The Kier molecular flexibility index (Phi) is 5.52. The normalized spacial score (nSPS) is 11.4. The Balaban J connectivity index is 1.43. The number of anilines is 1. The van der Waals surface area contributed by atoms with Gasteiger partial charge in [0.15, 0.2) is 15.0 Å². The van der Waals surface area contributed by atoms with E-state index in [1.807, 2.05) is 30.3 Å². The summed E-state index contributed by atoms with van der Waals surface area (Å²) in [4.78, 5) is 17.1. The summed E-state index contributed by atoms with van der Waals surface area (Å²) in [6, 6.07) is 21.4. The molecular formula is C22H18N2O4S2. The molecule has 0 atom stereocenters. The standard InChI is InChI=1S/C22H18N2O4S2/c1-30(26,27)18-11-12-19-20(13-18)29-22(23-19)24-21(25)16-7-9-17(10-8-16)28-14-15-5-3-2-4-6-15/h2-13H,14H2,1H3,(H,23,24,25). The second-order valence-electron chi connectivity index (χ2n) is 6.67. The van der Waals surface area contributed by atoms with Gasteiger partial charge in [0.05, 0.1) is 15.1 Å². The summed E-state index contributed by atoms with van der Waals surface area (Å²) in [5.41, 5.74) is 2.17. The van der Waals surface area contributed by atoms with E-state index in [1.54, 1.807) is 36.4 Å². The first-order valence-corrected chi connectivity index (χ1v) is 11.8. The number of aromatic nitrogens is 1. The second kappa shape index (κ2) is 8.25. The molecule has 4 aromatic rings. The predicted molar refractivity (Wildman–Crippen MR) is 118 cm³/mol. The lowest BCUT2D eigenvalue weighted by atomic mass is 10.2. The third-order valence-electron chi connectivity index (χ3n) is 4.37. The van der Waals surface area contributed by atoms with Gasteiger partial charge in [-0.25, -0.2) is 13.4 Å². The lowest BCUT2D eigenvalue weighted by Gasteiger charge is -2.07. The number of carbonyl (C=O) groups is 1. The van der Waals surface area contributed by atoms with Crippen LogP contribution in [0.15, 0.2) is 77.7 Å². The number of thiazole rings is 1. The molecule has 0 aliphatic rings. The van der Waals surface area contributed by atoms with E-state index >= 15 is 0 Å². The molecule has 0 aliphatic carbocycles. The van der Waals surface area contributed by atoms with Crippen LogP contribution >= 0.6 is 11.3 Å². The van der Waals surface area contributed by atoms with Gasteiger partial charge in [-0.15, -0.1) is 0 Å². The van der Waals surface area contributed by atoms with Crippen molar-refractivity contribution in [3.63, 3.8) is 0 Å². The van der Waals surface area contributed by atoms with Crippen LogP contribution in [-0.4, -0.2) is 25.6 Å². The molecular weight excluding hydrogens is 420 g/mol. The maximum absolute atomic E-state index is 12.5. The summed E-state index contributed by atoms with van der Waals surface area (Å²) in [6.07, 6.45) is 1.16. The summed E-state index contributed by atoms with van der Waals surface area (Å²) in [5, 5.41) is 3.17. The Bertz CT molecular complexity index is 1300. The van der Waals surface area contributed by atoms with Crippen LogP contribution in [0.3, 0.4) is 0 Å². The number of carbonyl (C=O) groups excluding carboxylic acids is 1. The summed E-state index contributed by atoms with van der Waals surface area (Å²) in [7, 11) is -3.30. The van der Waals surface area contributed by atoms with Crippen LogP contribution in [0.2, 0.25) is 0 Å². The molecule has 4 rings (SSSR count). The van der Waals surface area contributed by atoms with Crippen molar-refractivity contribution in [2.75, 3.05) is 11.6 Å². The van der Waals surface area contributed by atoms with Gasteiger partial charge < -0.3 is 4.74 Å². The van der Waals surface area contributed by atoms with Gasteiger partial charge in [0.25, 0.3) is 5.91 Å². The fourth-order valence-electron chi connectivity index (χ4n) is 2.80. The molecule has 0 radical (unpaired) electrons. The highest BCUT2D eigenvalue weighted by atomic mass is 32.2. The molecule has 0 bridgehead atoms. The van der Waals surface area contributed by atoms with Crippen molar-refractivity contribution in [2.45, 2.75) is 11.5 Å². The molecule has 0 saturated heterocycles. The van der Waals surface area contributed by atoms with Crippen LogP contribution in [0, 0.1) is 0 Å². The Morgan fingerprint density at radius 2 is 1.77 bits per heavy atom. The molecule has 8 heteroatoms. The monoisotopic (exact) mass is 438 g/mol. The molecule has 1 heterocycles. The second-order valence-corrected chi connectivity index (χ2v) is 9.72. The van der Waals surface area contributed by atoms with Crippen molar-refractivity contribution in [3.05, 3.63) is 83.9 Å². The average molecular weight is 439 g/mol. The van der Waals surface area contributed by atoms with Gasteiger partial charge in [-0.2, -0.15) is 0 Å². The minimum absolute atomic E-state index is 0.225. The fourth-order valence-corrected chi connectivity index (χ4v) is 4.42. The van der Waals surface area contributed by atoms with E-state index in [0.717, 1.165) is 11.8 Å². The highest BCUT2D eigenvalue weighted by Gasteiger charge is 2.13. The number of nitrogens with zero attached hydrogens (tertiary/aromatic N) is 1. The van der Waals surface area contributed by atoms with Crippen molar-refractivity contribution >= 4 is 42.4 Å². The van der Waals surface area contributed by atoms with E-state index < -0.39 is 9.84 Å². The first-order valence-electron chi connectivity index (χ1n) is 9.07. The third kappa shape index (κ3) is 4.67. The summed E-state index contributed by atoms with van der Waals surface area (Å²) in [5.74, 6) is 0.371. The van der Waals surface area contributed by atoms with Crippen LogP contribution in [0.1, 0.15) is 15.9 Å².